The predicted octanol–water partition coefficient (Wildman–Crippen LogP) is 4.09. The molecule has 1 aromatic rings. The lowest BCUT2D eigenvalue weighted by molar-refractivity contribution is -0.0838. The van der Waals surface area contributed by atoms with Crippen molar-refractivity contribution in [1.82, 2.24) is 5.32 Å². The SMILES string of the molecule is CCCNC(CC1(OC)CCC1)c1cccc(OCC)c1. The molecule has 1 aromatic carbocycles. The van der Waals surface area contributed by atoms with Gasteiger partial charge in [0.1, 0.15) is 5.75 Å². The Kier molecular flexibility index (Phi) is 6.07. The maximum absolute atomic E-state index is 5.81. The van der Waals surface area contributed by atoms with Gasteiger partial charge in [0.25, 0.3) is 0 Å². The van der Waals surface area contributed by atoms with Gasteiger partial charge in [-0.25, -0.2) is 0 Å². The van der Waals surface area contributed by atoms with Crippen LogP contribution in [0, 0.1) is 0 Å². The first-order chi connectivity index (χ1) is 10.2. The molecular weight excluding hydrogens is 262 g/mol. The van der Waals surface area contributed by atoms with Crippen LogP contribution in [0.3, 0.4) is 0 Å². The fraction of sp³-hybridized carbons (Fsp3) is 0.667. The Morgan fingerprint density at radius 1 is 1.29 bits per heavy atom. The van der Waals surface area contributed by atoms with Gasteiger partial charge in [0.05, 0.1) is 12.2 Å². The van der Waals surface area contributed by atoms with Gasteiger partial charge >= 0.3 is 0 Å². The molecule has 0 bridgehead atoms. The van der Waals surface area contributed by atoms with E-state index in [1.54, 1.807) is 0 Å². The van der Waals surface area contributed by atoms with Crippen molar-refractivity contribution in [1.29, 1.82) is 0 Å². The van der Waals surface area contributed by atoms with Crippen molar-refractivity contribution >= 4 is 0 Å². The van der Waals surface area contributed by atoms with Gasteiger partial charge < -0.3 is 14.8 Å². The summed E-state index contributed by atoms with van der Waals surface area (Å²) in [5.74, 6) is 0.957. The molecule has 0 radical (unpaired) electrons. The van der Waals surface area contributed by atoms with Crippen molar-refractivity contribution in [2.24, 2.45) is 0 Å². The Labute approximate surface area is 129 Å². The Balaban J connectivity index is 2.12. The number of nitrogens with one attached hydrogen (secondary N) is 1. The molecule has 2 rings (SSSR count). The molecule has 1 atom stereocenters. The minimum atomic E-state index is 0.0764. The van der Waals surface area contributed by atoms with Crippen molar-refractivity contribution in [3.05, 3.63) is 29.8 Å². The lowest BCUT2D eigenvalue weighted by Gasteiger charge is -2.43. The topological polar surface area (TPSA) is 30.5 Å². The van der Waals surface area contributed by atoms with Crippen molar-refractivity contribution in [3.8, 4) is 5.75 Å². The molecule has 21 heavy (non-hydrogen) atoms. The zero-order valence-electron chi connectivity index (χ0n) is 13.7. The maximum Gasteiger partial charge on any atom is 0.119 e. The first-order valence-electron chi connectivity index (χ1n) is 8.24. The summed E-state index contributed by atoms with van der Waals surface area (Å²) < 4.78 is 11.5. The van der Waals surface area contributed by atoms with E-state index in [1.807, 2.05) is 20.1 Å². The molecule has 1 unspecified atom stereocenters. The summed E-state index contributed by atoms with van der Waals surface area (Å²) in [6.45, 7) is 5.96. The molecule has 0 spiro atoms. The number of rotatable bonds is 9. The van der Waals surface area contributed by atoms with E-state index in [2.05, 4.69) is 30.4 Å². The molecule has 118 valence electrons. The van der Waals surface area contributed by atoms with Crippen molar-refractivity contribution in [3.63, 3.8) is 0 Å². The number of hydrogen-bond acceptors (Lipinski definition) is 3. The summed E-state index contributed by atoms with van der Waals surface area (Å²) in [5, 5.41) is 3.68. The lowest BCUT2D eigenvalue weighted by atomic mass is 9.74. The first-order valence-corrected chi connectivity index (χ1v) is 8.24. The smallest absolute Gasteiger partial charge is 0.119 e. The van der Waals surface area contributed by atoms with E-state index in [0.717, 1.165) is 25.1 Å². The van der Waals surface area contributed by atoms with E-state index in [0.29, 0.717) is 12.6 Å². The highest BCUT2D eigenvalue weighted by Crippen LogP contribution is 2.42. The molecule has 0 amide bonds. The van der Waals surface area contributed by atoms with Gasteiger partial charge in [-0.15, -0.1) is 0 Å². The van der Waals surface area contributed by atoms with Gasteiger partial charge in [-0.05, 0) is 63.3 Å². The number of hydrogen-bond donors (Lipinski definition) is 1. The highest BCUT2D eigenvalue weighted by Gasteiger charge is 2.39. The fourth-order valence-electron chi connectivity index (χ4n) is 3.05. The molecule has 0 heterocycles. The molecule has 3 heteroatoms. The van der Waals surface area contributed by atoms with Gasteiger partial charge in [0.2, 0.25) is 0 Å². The van der Waals surface area contributed by atoms with Gasteiger partial charge in [-0.3, -0.25) is 0 Å². The Morgan fingerprint density at radius 3 is 2.67 bits per heavy atom. The normalized spacial score (nSPS) is 18.0. The second-order valence-corrected chi connectivity index (χ2v) is 5.96. The zero-order valence-corrected chi connectivity index (χ0v) is 13.7. The van der Waals surface area contributed by atoms with Crippen LogP contribution >= 0.6 is 0 Å². The largest absolute Gasteiger partial charge is 0.494 e. The number of benzene rings is 1. The zero-order chi connectivity index (χ0) is 15.1. The van der Waals surface area contributed by atoms with E-state index >= 15 is 0 Å². The molecule has 1 fully saturated rings. The van der Waals surface area contributed by atoms with Crippen molar-refractivity contribution < 1.29 is 9.47 Å². The van der Waals surface area contributed by atoms with E-state index in [4.69, 9.17) is 9.47 Å². The Morgan fingerprint density at radius 2 is 2.10 bits per heavy atom. The number of ether oxygens (including phenoxy) is 2. The van der Waals surface area contributed by atoms with Crippen LogP contribution in [0.1, 0.15) is 57.6 Å². The molecule has 1 aliphatic rings. The predicted molar refractivity (Wildman–Crippen MR) is 86.9 cm³/mol. The summed E-state index contributed by atoms with van der Waals surface area (Å²) in [4.78, 5) is 0. The van der Waals surface area contributed by atoms with Crippen LogP contribution in [0.4, 0.5) is 0 Å². The van der Waals surface area contributed by atoms with E-state index in [1.165, 1.54) is 24.8 Å². The van der Waals surface area contributed by atoms with Crippen molar-refractivity contribution in [2.75, 3.05) is 20.3 Å². The molecule has 0 aliphatic heterocycles. The van der Waals surface area contributed by atoms with Crippen LogP contribution in [-0.2, 0) is 4.74 Å². The van der Waals surface area contributed by atoms with Gasteiger partial charge in [-0.1, -0.05) is 19.1 Å². The maximum atomic E-state index is 5.81. The molecule has 1 aliphatic carbocycles. The van der Waals surface area contributed by atoms with E-state index in [9.17, 15) is 0 Å². The van der Waals surface area contributed by atoms with Crippen LogP contribution in [0.5, 0.6) is 5.75 Å². The summed E-state index contributed by atoms with van der Waals surface area (Å²) in [6, 6.07) is 8.81. The standard InChI is InChI=1S/C18H29NO2/c1-4-12-19-17(14-18(20-3)10-7-11-18)15-8-6-9-16(13-15)21-5-2/h6,8-9,13,17,19H,4-5,7,10-12,14H2,1-3H3. The van der Waals surface area contributed by atoms with Crippen LogP contribution in [-0.4, -0.2) is 25.9 Å². The monoisotopic (exact) mass is 291 g/mol. The second-order valence-electron chi connectivity index (χ2n) is 5.96. The van der Waals surface area contributed by atoms with Crippen LogP contribution in [0.2, 0.25) is 0 Å². The second kappa shape index (κ2) is 7.81. The molecule has 1 N–H and O–H groups in total. The summed E-state index contributed by atoms with van der Waals surface area (Å²) in [7, 11) is 1.85. The van der Waals surface area contributed by atoms with Crippen LogP contribution < -0.4 is 10.1 Å². The molecular formula is C18H29NO2. The fourth-order valence-corrected chi connectivity index (χ4v) is 3.05. The van der Waals surface area contributed by atoms with Crippen molar-refractivity contribution in [2.45, 2.75) is 57.6 Å². The van der Waals surface area contributed by atoms with Gasteiger partial charge in [-0.2, -0.15) is 0 Å². The minimum Gasteiger partial charge on any atom is -0.494 e. The summed E-state index contributed by atoms with van der Waals surface area (Å²) >= 11 is 0. The molecule has 3 nitrogen and oxygen atoms in total. The highest BCUT2D eigenvalue weighted by atomic mass is 16.5. The average molecular weight is 291 g/mol. The highest BCUT2D eigenvalue weighted by molar-refractivity contribution is 5.31. The minimum absolute atomic E-state index is 0.0764. The molecule has 1 saturated carbocycles. The van der Waals surface area contributed by atoms with Gasteiger partial charge in [0, 0.05) is 13.2 Å². The third-order valence-electron chi connectivity index (χ3n) is 4.49. The van der Waals surface area contributed by atoms with E-state index < -0.39 is 0 Å². The third-order valence-corrected chi connectivity index (χ3v) is 4.49. The molecule has 0 saturated heterocycles. The molecule has 0 aromatic heterocycles. The summed E-state index contributed by atoms with van der Waals surface area (Å²) in [5.41, 5.74) is 1.38. The van der Waals surface area contributed by atoms with E-state index in [-0.39, 0.29) is 5.60 Å². The number of methoxy groups -OCH3 is 1. The third kappa shape index (κ3) is 4.21. The Bertz CT molecular complexity index is 423. The Hall–Kier alpha value is -1.06. The van der Waals surface area contributed by atoms with Crippen LogP contribution in [0.15, 0.2) is 24.3 Å². The quantitative estimate of drug-likeness (QED) is 0.743. The summed E-state index contributed by atoms with van der Waals surface area (Å²) in [6.07, 6.45) is 5.83. The average Bonchev–Trinajstić information content (AvgIpc) is 2.47. The lowest BCUT2D eigenvalue weighted by Crippen LogP contribution is -2.43. The van der Waals surface area contributed by atoms with Crippen LogP contribution in [0.25, 0.3) is 0 Å². The van der Waals surface area contributed by atoms with Gasteiger partial charge in [0.15, 0.2) is 0 Å². The first kappa shape index (κ1) is 16.3.